The minimum absolute atomic E-state index is 0.214. The van der Waals surface area contributed by atoms with Crippen molar-refractivity contribution in [1.29, 1.82) is 0 Å². The van der Waals surface area contributed by atoms with Crippen molar-refractivity contribution in [3.63, 3.8) is 0 Å². The second-order valence-corrected chi connectivity index (χ2v) is 5.52. The second kappa shape index (κ2) is 4.24. The van der Waals surface area contributed by atoms with Gasteiger partial charge in [-0.1, -0.05) is 19.3 Å². The van der Waals surface area contributed by atoms with Gasteiger partial charge in [0.1, 0.15) is 5.82 Å². The van der Waals surface area contributed by atoms with Gasteiger partial charge in [-0.15, -0.1) is 0 Å². The van der Waals surface area contributed by atoms with Crippen LogP contribution in [0.3, 0.4) is 0 Å². The number of H-pyrrole nitrogens is 1. The van der Waals surface area contributed by atoms with Crippen LogP contribution in [-0.4, -0.2) is 15.8 Å². The minimum Gasteiger partial charge on any atom is -0.368 e. The number of aromatic amines is 1. The first kappa shape index (κ1) is 10.9. The quantitative estimate of drug-likeness (QED) is 0.785. The second-order valence-electron chi connectivity index (χ2n) is 5.52. The molecule has 2 heterocycles. The number of hydrogen-bond donors (Lipinski definition) is 2. The highest BCUT2D eigenvalue weighted by Gasteiger charge is 2.24. The van der Waals surface area contributed by atoms with Crippen LogP contribution in [0.4, 0.5) is 5.82 Å². The number of aromatic nitrogens is 2. The van der Waals surface area contributed by atoms with E-state index in [0.29, 0.717) is 12.1 Å². The first-order valence-electron chi connectivity index (χ1n) is 6.85. The molecule has 94 valence electrons. The van der Waals surface area contributed by atoms with E-state index in [2.05, 4.69) is 17.3 Å². The zero-order valence-corrected chi connectivity index (χ0v) is 10.5. The van der Waals surface area contributed by atoms with Gasteiger partial charge in [0.25, 0.3) is 5.56 Å². The molecule has 1 fully saturated rings. The van der Waals surface area contributed by atoms with Gasteiger partial charge in [-0.3, -0.25) is 9.89 Å². The van der Waals surface area contributed by atoms with Crippen LogP contribution in [0.5, 0.6) is 0 Å². The fourth-order valence-electron chi connectivity index (χ4n) is 3.12. The monoisotopic (exact) mass is 235 g/mol. The van der Waals surface area contributed by atoms with Gasteiger partial charge in [0.2, 0.25) is 0 Å². The third-order valence-electron chi connectivity index (χ3n) is 4.17. The SMILES string of the molecule is CC1CCc2c([nH]n(C3CCCCC3)c2=O)N1. The van der Waals surface area contributed by atoms with Crippen LogP contribution in [0, 0.1) is 0 Å². The Morgan fingerprint density at radius 2 is 1.94 bits per heavy atom. The summed E-state index contributed by atoms with van der Waals surface area (Å²) in [5.74, 6) is 0.972. The molecule has 4 heteroatoms. The van der Waals surface area contributed by atoms with E-state index in [-0.39, 0.29) is 5.56 Å². The zero-order valence-electron chi connectivity index (χ0n) is 10.5. The molecule has 1 aliphatic carbocycles. The van der Waals surface area contributed by atoms with E-state index in [1.165, 1.54) is 19.3 Å². The van der Waals surface area contributed by atoms with Gasteiger partial charge in [0.15, 0.2) is 0 Å². The molecule has 0 aromatic carbocycles. The summed E-state index contributed by atoms with van der Waals surface area (Å²) < 4.78 is 1.88. The maximum absolute atomic E-state index is 12.3. The van der Waals surface area contributed by atoms with Gasteiger partial charge in [0, 0.05) is 6.04 Å². The van der Waals surface area contributed by atoms with Crippen LogP contribution >= 0.6 is 0 Å². The van der Waals surface area contributed by atoms with Crippen molar-refractivity contribution in [3.05, 3.63) is 15.9 Å². The van der Waals surface area contributed by atoms with E-state index in [0.717, 1.165) is 37.1 Å². The van der Waals surface area contributed by atoms with Crippen molar-refractivity contribution in [3.8, 4) is 0 Å². The molecule has 2 N–H and O–H groups in total. The molecule has 0 saturated heterocycles. The fourth-order valence-corrected chi connectivity index (χ4v) is 3.12. The minimum atomic E-state index is 0.214. The van der Waals surface area contributed by atoms with Crippen LogP contribution < -0.4 is 10.9 Å². The first-order valence-corrected chi connectivity index (χ1v) is 6.85. The third-order valence-corrected chi connectivity index (χ3v) is 4.17. The summed E-state index contributed by atoms with van der Waals surface area (Å²) in [6, 6.07) is 0.874. The van der Waals surface area contributed by atoms with Crippen molar-refractivity contribution in [2.24, 2.45) is 0 Å². The lowest BCUT2D eigenvalue weighted by molar-refractivity contribution is 0.323. The largest absolute Gasteiger partial charge is 0.368 e. The van der Waals surface area contributed by atoms with Crippen LogP contribution in [-0.2, 0) is 6.42 Å². The highest BCUT2D eigenvalue weighted by molar-refractivity contribution is 5.46. The summed E-state index contributed by atoms with van der Waals surface area (Å²) in [6.07, 6.45) is 8.10. The van der Waals surface area contributed by atoms with E-state index in [1.54, 1.807) is 0 Å². The predicted octanol–water partition coefficient (Wildman–Crippen LogP) is 2.43. The van der Waals surface area contributed by atoms with Gasteiger partial charge in [-0.2, -0.15) is 0 Å². The molecule has 0 bridgehead atoms. The van der Waals surface area contributed by atoms with E-state index in [4.69, 9.17) is 0 Å². The Kier molecular flexibility index (Phi) is 2.73. The number of fused-ring (bicyclic) bond motifs is 1. The van der Waals surface area contributed by atoms with E-state index in [1.807, 2.05) is 4.68 Å². The summed E-state index contributed by atoms with van der Waals surface area (Å²) in [6.45, 7) is 2.17. The molecule has 1 aromatic rings. The molecule has 1 unspecified atom stereocenters. The van der Waals surface area contributed by atoms with Crippen LogP contribution in [0.15, 0.2) is 4.79 Å². The molecule has 1 aromatic heterocycles. The van der Waals surface area contributed by atoms with Gasteiger partial charge in [-0.05, 0) is 32.6 Å². The molecular weight excluding hydrogens is 214 g/mol. The van der Waals surface area contributed by atoms with Crippen molar-refractivity contribution in [2.75, 3.05) is 5.32 Å². The zero-order chi connectivity index (χ0) is 11.8. The molecule has 17 heavy (non-hydrogen) atoms. The van der Waals surface area contributed by atoms with Crippen LogP contribution in [0.1, 0.15) is 57.1 Å². The van der Waals surface area contributed by atoms with E-state index < -0.39 is 0 Å². The van der Waals surface area contributed by atoms with Gasteiger partial charge < -0.3 is 5.32 Å². The third kappa shape index (κ3) is 1.90. The summed E-state index contributed by atoms with van der Waals surface area (Å²) >= 11 is 0. The number of rotatable bonds is 1. The van der Waals surface area contributed by atoms with Crippen molar-refractivity contribution in [1.82, 2.24) is 9.78 Å². The number of hydrogen-bond acceptors (Lipinski definition) is 2. The van der Waals surface area contributed by atoms with E-state index >= 15 is 0 Å². The smallest absolute Gasteiger partial charge is 0.272 e. The Bertz CT molecular complexity index is 454. The van der Waals surface area contributed by atoms with Crippen molar-refractivity contribution >= 4 is 5.82 Å². The topological polar surface area (TPSA) is 49.8 Å². The highest BCUT2D eigenvalue weighted by atomic mass is 16.1. The number of nitrogens with zero attached hydrogens (tertiary/aromatic N) is 1. The lowest BCUT2D eigenvalue weighted by atomic mass is 9.96. The lowest BCUT2D eigenvalue weighted by Gasteiger charge is -2.22. The standard InChI is InChI=1S/C13H21N3O/c1-9-7-8-11-12(14-9)15-16(13(11)17)10-5-3-2-4-6-10/h9-10,14-15H,2-8H2,1H3. The normalized spacial score (nSPS) is 25.4. The molecule has 0 radical (unpaired) electrons. The van der Waals surface area contributed by atoms with Crippen molar-refractivity contribution in [2.45, 2.75) is 64.0 Å². The molecule has 2 aliphatic rings. The first-order chi connectivity index (χ1) is 8.25. The summed E-state index contributed by atoms with van der Waals surface area (Å²) in [7, 11) is 0. The molecule has 1 aliphatic heterocycles. The molecule has 4 nitrogen and oxygen atoms in total. The predicted molar refractivity (Wildman–Crippen MR) is 68.6 cm³/mol. The van der Waals surface area contributed by atoms with Crippen LogP contribution in [0.25, 0.3) is 0 Å². The molecule has 1 atom stereocenters. The number of nitrogens with one attached hydrogen (secondary N) is 2. The van der Waals surface area contributed by atoms with Gasteiger partial charge in [-0.25, -0.2) is 4.68 Å². The maximum Gasteiger partial charge on any atom is 0.272 e. The lowest BCUT2D eigenvalue weighted by Crippen LogP contribution is -2.27. The highest BCUT2D eigenvalue weighted by Crippen LogP contribution is 2.28. The number of anilines is 1. The summed E-state index contributed by atoms with van der Waals surface area (Å²) in [4.78, 5) is 12.3. The fraction of sp³-hybridized carbons (Fsp3) is 0.769. The van der Waals surface area contributed by atoms with Crippen LogP contribution in [0.2, 0.25) is 0 Å². The molecule has 3 rings (SSSR count). The van der Waals surface area contributed by atoms with E-state index in [9.17, 15) is 4.79 Å². The molecule has 1 saturated carbocycles. The van der Waals surface area contributed by atoms with Gasteiger partial charge >= 0.3 is 0 Å². The molecule has 0 amide bonds. The average Bonchev–Trinajstić information content (AvgIpc) is 2.67. The average molecular weight is 235 g/mol. The molecule has 0 spiro atoms. The van der Waals surface area contributed by atoms with Gasteiger partial charge in [0.05, 0.1) is 11.6 Å². The summed E-state index contributed by atoms with van der Waals surface area (Å²) in [5, 5.41) is 6.68. The Morgan fingerprint density at radius 1 is 1.18 bits per heavy atom. The Morgan fingerprint density at radius 3 is 2.71 bits per heavy atom. The Labute approximate surface area is 101 Å². The summed E-state index contributed by atoms with van der Waals surface area (Å²) in [5.41, 5.74) is 1.18. The van der Waals surface area contributed by atoms with Crippen molar-refractivity contribution < 1.29 is 0 Å². The Hall–Kier alpha value is -1.19. The Balaban J connectivity index is 1.93. The molecular formula is C13H21N3O. The maximum atomic E-state index is 12.3.